The van der Waals surface area contributed by atoms with Gasteiger partial charge in [0.25, 0.3) is 0 Å². The number of nitrogens with one attached hydrogen (secondary N) is 1. The van der Waals surface area contributed by atoms with Gasteiger partial charge in [-0.3, -0.25) is 4.68 Å². The lowest BCUT2D eigenvalue weighted by molar-refractivity contribution is 0.176. The first-order valence-electron chi connectivity index (χ1n) is 7.76. The van der Waals surface area contributed by atoms with Gasteiger partial charge in [0.05, 0.1) is 22.5 Å². The van der Waals surface area contributed by atoms with Gasteiger partial charge in [0.15, 0.2) is 0 Å². The van der Waals surface area contributed by atoms with Gasteiger partial charge in [0.2, 0.25) is 0 Å². The van der Waals surface area contributed by atoms with Crippen molar-refractivity contribution in [2.45, 2.75) is 52.6 Å². The fourth-order valence-electron chi connectivity index (χ4n) is 2.96. The maximum atomic E-state index is 5.56. The fraction of sp³-hybridized carbons (Fsp3) is 0.800. The van der Waals surface area contributed by atoms with Crippen LogP contribution in [0.2, 0.25) is 0 Å². The molecule has 0 saturated carbocycles. The molecule has 0 radical (unpaired) electrons. The van der Waals surface area contributed by atoms with E-state index in [4.69, 9.17) is 9.84 Å². The van der Waals surface area contributed by atoms with E-state index in [9.17, 15) is 0 Å². The van der Waals surface area contributed by atoms with Gasteiger partial charge in [-0.15, -0.1) is 0 Å². The predicted molar refractivity (Wildman–Crippen MR) is 85.1 cm³/mol. The summed E-state index contributed by atoms with van der Waals surface area (Å²) in [4.78, 5) is 0. The third kappa shape index (κ3) is 3.43. The van der Waals surface area contributed by atoms with Crippen LogP contribution in [0, 0.1) is 5.92 Å². The monoisotopic (exact) mass is 343 g/mol. The molecule has 0 aromatic carbocycles. The first-order valence-corrected chi connectivity index (χ1v) is 8.55. The van der Waals surface area contributed by atoms with Crippen molar-refractivity contribution in [3.63, 3.8) is 0 Å². The number of aromatic nitrogens is 2. The zero-order valence-corrected chi connectivity index (χ0v) is 14.4. The third-order valence-corrected chi connectivity index (χ3v) is 5.02. The summed E-state index contributed by atoms with van der Waals surface area (Å²) in [6, 6.07) is 0.477. The summed E-state index contributed by atoms with van der Waals surface area (Å²) in [6.07, 6.45) is 3.15. The minimum absolute atomic E-state index is 0.477. The summed E-state index contributed by atoms with van der Waals surface area (Å²) in [6.45, 7) is 10.2. The Morgan fingerprint density at radius 3 is 2.80 bits per heavy atom. The van der Waals surface area contributed by atoms with Gasteiger partial charge in [0.1, 0.15) is 0 Å². The Balaban J connectivity index is 2.18. The highest BCUT2D eigenvalue weighted by Crippen LogP contribution is 2.27. The Kier molecular flexibility index (Phi) is 6.05. The van der Waals surface area contributed by atoms with Crippen molar-refractivity contribution < 1.29 is 4.74 Å². The highest BCUT2D eigenvalue weighted by molar-refractivity contribution is 9.10. The molecular weight excluding hydrogens is 318 g/mol. The molecule has 0 bridgehead atoms. The number of rotatable bonds is 7. The predicted octanol–water partition coefficient (Wildman–Crippen LogP) is 2.79. The number of likely N-dealkylation sites (N-methyl/N-ethyl adjacent to an activating group) is 1. The maximum Gasteiger partial charge on any atom is 0.0766 e. The van der Waals surface area contributed by atoms with Crippen LogP contribution >= 0.6 is 15.9 Å². The van der Waals surface area contributed by atoms with E-state index in [1.807, 2.05) is 0 Å². The van der Waals surface area contributed by atoms with Gasteiger partial charge in [-0.2, -0.15) is 5.10 Å². The molecule has 114 valence electrons. The lowest BCUT2D eigenvalue weighted by Crippen LogP contribution is -2.39. The first kappa shape index (κ1) is 16.0. The van der Waals surface area contributed by atoms with E-state index < -0.39 is 0 Å². The normalized spacial score (nSPS) is 20.5. The average molecular weight is 344 g/mol. The molecule has 1 aromatic rings. The van der Waals surface area contributed by atoms with Crippen LogP contribution < -0.4 is 5.32 Å². The van der Waals surface area contributed by atoms with Gasteiger partial charge in [0, 0.05) is 31.5 Å². The minimum atomic E-state index is 0.477. The van der Waals surface area contributed by atoms with E-state index >= 15 is 0 Å². The first-order chi connectivity index (χ1) is 9.71. The van der Waals surface area contributed by atoms with Gasteiger partial charge in [-0.05, 0) is 42.2 Å². The van der Waals surface area contributed by atoms with Gasteiger partial charge in [-0.1, -0.05) is 13.8 Å². The van der Waals surface area contributed by atoms with Crippen LogP contribution in [0.5, 0.6) is 0 Å². The quantitative estimate of drug-likeness (QED) is 0.827. The molecule has 2 unspecified atom stereocenters. The van der Waals surface area contributed by atoms with E-state index in [1.165, 1.54) is 15.9 Å². The van der Waals surface area contributed by atoms with Crippen molar-refractivity contribution in [1.82, 2.24) is 15.1 Å². The van der Waals surface area contributed by atoms with Crippen LogP contribution in [-0.4, -0.2) is 35.6 Å². The summed E-state index contributed by atoms with van der Waals surface area (Å²) in [5.74, 6) is 0.618. The van der Waals surface area contributed by atoms with Crippen molar-refractivity contribution >= 4 is 15.9 Å². The molecule has 20 heavy (non-hydrogen) atoms. The Morgan fingerprint density at radius 1 is 1.45 bits per heavy atom. The molecule has 1 aromatic heterocycles. The average Bonchev–Trinajstić information content (AvgIpc) is 3.07. The van der Waals surface area contributed by atoms with Crippen LogP contribution in [0.3, 0.4) is 0 Å². The third-order valence-electron chi connectivity index (χ3n) is 4.11. The van der Waals surface area contributed by atoms with E-state index in [1.54, 1.807) is 0 Å². The second-order valence-corrected chi connectivity index (χ2v) is 6.16. The van der Waals surface area contributed by atoms with Crippen LogP contribution in [-0.2, 0) is 24.1 Å². The topological polar surface area (TPSA) is 39.1 Å². The van der Waals surface area contributed by atoms with Crippen LogP contribution in [0.15, 0.2) is 4.47 Å². The van der Waals surface area contributed by atoms with Crippen molar-refractivity contribution in [3.8, 4) is 0 Å². The molecule has 1 N–H and O–H groups in total. The van der Waals surface area contributed by atoms with Crippen molar-refractivity contribution in [1.29, 1.82) is 0 Å². The molecule has 1 saturated heterocycles. The van der Waals surface area contributed by atoms with Crippen LogP contribution in [0.4, 0.5) is 0 Å². The van der Waals surface area contributed by atoms with Crippen LogP contribution in [0.1, 0.15) is 38.6 Å². The number of aryl methyl sites for hydroxylation is 2. The zero-order valence-electron chi connectivity index (χ0n) is 12.8. The lowest BCUT2D eigenvalue weighted by atomic mass is 9.94. The summed E-state index contributed by atoms with van der Waals surface area (Å²) in [7, 11) is 0. The van der Waals surface area contributed by atoms with Gasteiger partial charge in [-0.25, -0.2) is 0 Å². The molecule has 2 heterocycles. The molecule has 4 nitrogen and oxygen atoms in total. The lowest BCUT2D eigenvalue weighted by Gasteiger charge is -2.23. The fourth-order valence-corrected chi connectivity index (χ4v) is 3.68. The Bertz CT molecular complexity index is 427. The second kappa shape index (κ2) is 7.57. The second-order valence-electron chi connectivity index (χ2n) is 5.37. The van der Waals surface area contributed by atoms with Gasteiger partial charge >= 0.3 is 0 Å². The van der Waals surface area contributed by atoms with Crippen molar-refractivity contribution in [2.24, 2.45) is 5.92 Å². The minimum Gasteiger partial charge on any atom is -0.381 e. The molecule has 1 aliphatic heterocycles. The Labute approximate surface area is 130 Å². The summed E-state index contributed by atoms with van der Waals surface area (Å²) >= 11 is 3.75. The number of nitrogens with zero attached hydrogens (tertiary/aromatic N) is 2. The highest BCUT2D eigenvalue weighted by Gasteiger charge is 2.27. The number of halogens is 1. The maximum absolute atomic E-state index is 5.56. The molecule has 2 rings (SSSR count). The molecule has 0 spiro atoms. The molecular formula is C15H26BrN3O. The molecule has 2 atom stereocenters. The zero-order chi connectivity index (χ0) is 14.5. The molecule has 5 heteroatoms. The number of hydrogen-bond acceptors (Lipinski definition) is 3. The van der Waals surface area contributed by atoms with E-state index in [0.29, 0.717) is 12.0 Å². The Hall–Kier alpha value is -0.390. The van der Waals surface area contributed by atoms with Crippen LogP contribution in [0.25, 0.3) is 0 Å². The summed E-state index contributed by atoms with van der Waals surface area (Å²) in [5, 5.41) is 8.33. The Morgan fingerprint density at radius 2 is 2.25 bits per heavy atom. The van der Waals surface area contributed by atoms with E-state index in [-0.39, 0.29) is 0 Å². The largest absolute Gasteiger partial charge is 0.381 e. The molecule has 0 amide bonds. The van der Waals surface area contributed by atoms with E-state index in [0.717, 1.165) is 45.6 Å². The van der Waals surface area contributed by atoms with E-state index in [2.05, 4.69) is 46.7 Å². The smallest absolute Gasteiger partial charge is 0.0766 e. The molecule has 1 aliphatic rings. The molecule has 0 aliphatic carbocycles. The number of ether oxygens (including phenoxy) is 1. The SMILES string of the molecule is CCNC(Cc1c(Br)c(CC)nn1CC)C1CCOC1. The van der Waals surface area contributed by atoms with Crippen molar-refractivity contribution in [2.75, 3.05) is 19.8 Å². The standard InChI is InChI=1S/C15H26BrN3O/c1-4-12-15(16)14(19(6-3)18-12)9-13(17-5-2)11-7-8-20-10-11/h11,13,17H,4-10H2,1-3H3. The molecule has 1 fully saturated rings. The number of hydrogen-bond donors (Lipinski definition) is 1. The van der Waals surface area contributed by atoms with Gasteiger partial charge < -0.3 is 10.1 Å². The summed E-state index contributed by atoms with van der Waals surface area (Å²) < 4.78 is 8.90. The van der Waals surface area contributed by atoms with Crippen molar-refractivity contribution in [3.05, 3.63) is 15.9 Å². The summed E-state index contributed by atoms with van der Waals surface area (Å²) in [5.41, 5.74) is 2.49. The highest BCUT2D eigenvalue weighted by atomic mass is 79.9.